The number of benzene rings is 1. The van der Waals surface area contributed by atoms with Gasteiger partial charge in [0.1, 0.15) is 0 Å². The van der Waals surface area contributed by atoms with Gasteiger partial charge in [0.25, 0.3) is 0 Å². The van der Waals surface area contributed by atoms with Gasteiger partial charge in [-0.2, -0.15) is 4.39 Å². The molecule has 0 fully saturated rings. The number of hydrogen-bond acceptors (Lipinski definition) is 3. The molecule has 2 heterocycles. The van der Waals surface area contributed by atoms with Crippen LogP contribution < -0.4 is 4.74 Å². The predicted molar refractivity (Wildman–Crippen MR) is 71.4 cm³/mol. The van der Waals surface area contributed by atoms with Gasteiger partial charge in [-0.15, -0.1) is 0 Å². The lowest BCUT2D eigenvalue weighted by Crippen LogP contribution is -1.93. The van der Waals surface area contributed by atoms with Crippen molar-refractivity contribution in [2.45, 2.75) is 0 Å². The quantitative estimate of drug-likeness (QED) is 0.669. The maximum atomic E-state index is 14.2. The van der Waals surface area contributed by atoms with Crippen LogP contribution in [-0.2, 0) is 0 Å². The summed E-state index contributed by atoms with van der Waals surface area (Å²) in [5, 5.41) is 0. The summed E-state index contributed by atoms with van der Waals surface area (Å²) in [6, 6.07) is 9.19. The molecular formula is C15H10F2N2O. The van der Waals surface area contributed by atoms with E-state index >= 15 is 0 Å². The Morgan fingerprint density at radius 2 is 1.90 bits per heavy atom. The van der Waals surface area contributed by atoms with E-state index in [-0.39, 0.29) is 5.75 Å². The molecule has 0 spiro atoms. The molecule has 3 aromatic rings. The monoisotopic (exact) mass is 272 g/mol. The van der Waals surface area contributed by atoms with Gasteiger partial charge in [-0.25, -0.2) is 9.37 Å². The van der Waals surface area contributed by atoms with Crippen LogP contribution in [0.1, 0.15) is 0 Å². The molecule has 2 aromatic heterocycles. The summed E-state index contributed by atoms with van der Waals surface area (Å²) in [7, 11) is 1.40. The first-order chi connectivity index (χ1) is 9.69. The van der Waals surface area contributed by atoms with Crippen molar-refractivity contribution in [1.29, 1.82) is 0 Å². The van der Waals surface area contributed by atoms with Crippen molar-refractivity contribution in [3.8, 4) is 16.9 Å². The van der Waals surface area contributed by atoms with Gasteiger partial charge in [-0.05, 0) is 24.3 Å². The first-order valence-corrected chi connectivity index (χ1v) is 5.94. The molecule has 0 unspecified atom stereocenters. The van der Waals surface area contributed by atoms with E-state index in [9.17, 15) is 8.78 Å². The van der Waals surface area contributed by atoms with Crippen molar-refractivity contribution in [1.82, 2.24) is 9.97 Å². The van der Waals surface area contributed by atoms with Gasteiger partial charge in [0, 0.05) is 17.3 Å². The standard InChI is InChI=1S/C15H10F2N2O/c1-20-13-4-2-3-10(15(13)17)9-7-12-11(18-8-9)5-6-14(16)19-12/h2-8H,1H3. The Labute approximate surface area is 113 Å². The molecule has 0 bridgehead atoms. The molecule has 0 aliphatic rings. The van der Waals surface area contributed by atoms with E-state index in [0.717, 1.165) is 0 Å². The molecule has 0 saturated carbocycles. The van der Waals surface area contributed by atoms with Crippen LogP contribution in [0, 0.1) is 11.8 Å². The average molecular weight is 272 g/mol. The molecule has 1 aromatic carbocycles. The zero-order valence-corrected chi connectivity index (χ0v) is 10.6. The van der Waals surface area contributed by atoms with Gasteiger partial charge in [-0.1, -0.05) is 12.1 Å². The molecule has 0 atom stereocenters. The Kier molecular flexibility index (Phi) is 3.02. The maximum Gasteiger partial charge on any atom is 0.213 e. The second-order valence-corrected chi connectivity index (χ2v) is 4.22. The third-order valence-electron chi connectivity index (χ3n) is 3.00. The topological polar surface area (TPSA) is 35.0 Å². The van der Waals surface area contributed by atoms with E-state index in [4.69, 9.17) is 4.74 Å². The molecule has 0 aliphatic heterocycles. The Bertz CT molecular complexity index is 790. The fraction of sp³-hybridized carbons (Fsp3) is 0.0667. The highest BCUT2D eigenvalue weighted by Gasteiger charge is 2.11. The maximum absolute atomic E-state index is 14.2. The lowest BCUT2D eigenvalue weighted by Gasteiger charge is -2.07. The summed E-state index contributed by atoms with van der Waals surface area (Å²) in [6.45, 7) is 0. The van der Waals surface area contributed by atoms with Crippen LogP contribution in [0.3, 0.4) is 0 Å². The van der Waals surface area contributed by atoms with E-state index in [1.54, 1.807) is 18.2 Å². The van der Waals surface area contributed by atoms with Gasteiger partial charge in [-0.3, -0.25) is 4.98 Å². The predicted octanol–water partition coefficient (Wildman–Crippen LogP) is 3.58. The molecule has 3 rings (SSSR count). The number of halogens is 2. The van der Waals surface area contributed by atoms with E-state index < -0.39 is 11.8 Å². The molecule has 100 valence electrons. The fourth-order valence-electron chi connectivity index (χ4n) is 2.02. The molecule has 0 amide bonds. The minimum Gasteiger partial charge on any atom is -0.494 e. The van der Waals surface area contributed by atoms with Crippen molar-refractivity contribution in [3.05, 3.63) is 54.4 Å². The molecule has 0 saturated heterocycles. The summed E-state index contributed by atoms with van der Waals surface area (Å²) in [5.74, 6) is -0.926. The van der Waals surface area contributed by atoms with Crippen molar-refractivity contribution in [3.63, 3.8) is 0 Å². The van der Waals surface area contributed by atoms with Crippen LogP contribution in [0.4, 0.5) is 8.78 Å². The van der Waals surface area contributed by atoms with Gasteiger partial charge in [0.2, 0.25) is 5.95 Å². The van der Waals surface area contributed by atoms with Crippen LogP contribution in [0.15, 0.2) is 42.6 Å². The highest BCUT2D eigenvalue weighted by molar-refractivity contribution is 5.80. The number of fused-ring (bicyclic) bond motifs is 1. The Hall–Kier alpha value is -2.56. The number of nitrogens with zero attached hydrogens (tertiary/aromatic N) is 2. The highest BCUT2D eigenvalue weighted by Crippen LogP contribution is 2.29. The van der Waals surface area contributed by atoms with Crippen LogP contribution in [0.5, 0.6) is 5.75 Å². The second-order valence-electron chi connectivity index (χ2n) is 4.22. The first-order valence-electron chi connectivity index (χ1n) is 5.94. The summed E-state index contributed by atoms with van der Waals surface area (Å²) in [5.41, 5.74) is 1.79. The highest BCUT2D eigenvalue weighted by atomic mass is 19.1. The number of hydrogen-bond donors (Lipinski definition) is 0. The van der Waals surface area contributed by atoms with Crippen molar-refractivity contribution < 1.29 is 13.5 Å². The molecule has 0 N–H and O–H groups in total. The van der Waals surface area contributed by atoms with Gasteiger partial charge < -0.3 is 4.74 Å². The van der Waals surface area contributed by atoms with Crippen LogP contribution in [-0.4, -0.2) is 17.1 Å². The number of pyridine rings is 2. The third kappa shape index (κ3) is 2.07. The number of methoxy groups -OCH3 is 1. The summed E-state index contributed by atoms with van der Waals surface area (Å²) in [6.07, 6.45) is 1.53. The van der Waals surface area contributed by atoms with E-state index in [2.05, 4.69) is 9.97 Å². The smallest absolute Gasteiger partial charge is 0.213 e. The number of aromatic nitrogens is 2. The Morgan fingerprint density at radius 1 is 1.05 bits per heavy atom. The largest absolute Gasteiger partial charge is 0.494 e. The normalized spacial score (nSPS) is 10.8. The van der Waals surface area contributed by atoms with Crippen molar-refractivity contribution in [2.24, 2.45) is 0 Å². The molecule has 5 heteroatoms. The lowest BCUT2D eigenvalue weighted by atomic mass is 10.1. The third-order valence-corrected chi connectivity index (χ3v) is 3.00. The van der Waals surface area contributed by atoms with Gasteiger partial charge in [0.05, 0.1) is 18.1 Å². The van der Waals surface area contributed by atoms with E-state index in [1.807, 2.05) is 0 Å². The minimum atomic E-state index is -0.595. The van der Waals surface area contributed by atoms with Crippen LogP contribution >= 0.6 is 0 Å². The molecular weight excluding hydrogens is 262 g/mol. The number of ether oxygens (including phenoxy) is 1. The zero-order valence-electron chi connectivity index (χ0n) is 10.6. The van der Waals surface area contributed by atoms with Crippen molar-refractivity contribution in [2.75, 3.05) is 7.11 Å². The van der Waals surface area contributed by atoms with Crippen molar-refractivity contribution >= 4 is 11.0 Å². The average Bonchev–Trinajstić information content (AvgIpc) is 2.46. The van der Waals surface area contributed by atoms with E-state index in [1.165, 1.54) is 31.5 Å². The SMILES string of the molecule is COc1cccc(-c2cnc3ccc(F)nc3c2)c1F. The molecule has 0 radical (unpaired) electrons. The van der Waals surface area contributed by atoms with E-state index in [0.29, 0.717) is 22.2 Å². The zero-order chi connectivity index (χ0) is 14.1. The van der Waals surface area contributed by atoms with Gasteiger partial charge >= 0.3 is 0 Å². The van der Waals surface area contributed by atoms with Crippen LogP contribution in [0.2, 0.25) is 0 Å². The summed E-state index contributed by atoms with van der Waals surface area (Å²) < 4.78 is 32.3. The Morgan fingerprint density at radius 3 is 2.70 bits per heavy atom. The Balaban J connectivity index is 2.19. The molecule has 3 nitrogen and oxygen atoms in total. The summed E-state index contributed by atoms with van der Waals surface area (Å²) in [4.78, 5) is 7.91. The number of rotatable bonds is 2. The first kappa shape index (κ1) is 12.5. The molecule has 0 aliphatic carbocycles. The summed E-state index contributed by atoms with van der Waals surface area (Å²) >= 11 is 0. The lowest BCUT2D eigenvalue weighted by molar-refractivity contribution is 0.387. The van der Waals surface area contributed by atoms with Gasteiger partial charge in [0.15, 0.2) is 11.6 Å². The van der Waals surface area contributed by atoms with Crippen LogP contribution in [0.25, 0.3) is 22.2 Å². The molecule has 20 heavy (non-hydrogen) atoms. The second kappa shape index (κ2) is 4.85. The fourth-order valence-corrected chi connectivity index (χ4v) is 2.02. The minimum absolute atomic E-state index is 0.148.